The SMILES string of the molecule is Nc1ccc2cc(=O)[nH]c(O)c2c1. The molecule has 4 nitrogen and oxygen atoms in total. The van der Waals surface area contributed by atoms with Gasteiger partial charge in [-0.3, -0.25) is 9.78 Å². The van der Waals surface area contributed by atoms with Crippen LogP contribution in [0.3, 0.4) is 0 Å². The van der Waals surface area contributed by atoms with Crippen LogP contribution in [0.2, 0.25) is 0 Å². The summed E-state index contributed by atoms with van der Waals surface area (Å²) in [6.45, 7) is 0. The smallest absolute Gasteiger partial charge is 0.251 e. The standard InChI is InChI=1S/C9H8N2O2/c10-6-2-1-5-3-8(12)11-9(13)7(5)4-6/h1-4H,10H2,(H2,11,12,13). The first kappa shape index (κ1) is 7.67. The van der Waals surface area contributed by atoms with Gasteiger partial charge in [0.25, 0.3) is 5.56 Å². The molecule has 0 aliphatic heterocycles. The number of aromatic hydroxyl groups is 1. The summed E-state index contributed by atoms with van der Waals surface area (Å²) < 4.78 is 0. The molecule has 1 aromatic heterocycles. The third kappa shape index (κ3) is 1.22. The van der Waals surface area contributed by atoms with Gasteiger partial charge in [-0.25, -0.2) is 0 Å². The summed E-state index contributed by atoms with van der Waals surface area (Å²) in [6, 6.07) is 6.40. The number of nitrogens with two attached hydrogens (primary N) is 1. The Morgan fingerprint density at radius 1 is 1.31 bits per heavy atom. The molecule has 13 heavy (non-hydrogen) atoms. The van der Waals surface area contributed by atoms with Crippen LogP contribution in [-0.2, 0) is 0 Å². The molecular weight excluding hydrogens is 168 g/mol. The van der Waals surface area contributed by atoms with Gasteiger partial charge in [-0.1, -0.05) is 6.07 Å². The summed E-state index contributed by atoms with van der Waals surface area (Å²) in [5.41, 5.74) is 5.75. The zero-order valence-corrected chi connectivity index (χ0v) is 6.74. The first-order chi connectivity index (χ1) is 6.16. The molecule has 0 bridgehead atoms. The van der Waals surface area contributed by atoms with Crippen LogP contribution in [0.5, 0.6) is 5.88 Å². The molecule has 0 fully saturated rings. The number of benzene rings is 1. The maximum atomic E-state index is 10.9. The van der Waals surface area contributed by atoms with E-state index in [1.165, 1.54) is 6.07 Å². The normalized spacial score (nSPS) is 10.5. The van der Waals surface area contributed by atoms with Crippen molar-refractivity contribution in [1.29, 1.82) is 0 Å². The lowest BCUT2D eigenvalue weighted by atomic mass is 10.1. The fourth-order valence-electron chi connectivity index (χ4n) is 1.27. The van der Waals surface area contributed by atoms with Gasteiger partial charge in [0.05, 0.1) is 0 Å². The highest BCUT2D eigenvalue weighted by molar-refractivity contribution is 5.88. The van der Waals surface area contributed by atoms with Crippen molar-refractivity contribution in [1.82, 2.24) is 4.98 Å². The summed E-state index contributed by atoms with van der Waals surface area (Å²) in [5, 5.41) is 10.6. The Bertz CT molecular complexity index is 516. The Hall–Kier alpha value is -1.97. The lowest BCUT2D eigenvalue weighted by molar-refractivity contribution is 0.459. The first-order valence-electron chi connectivity index (χ1n) is 3.78. The van der Waals surface area contributed by atoms with Gasteiger partial charge in [-0.2, -0.15) is 0 Å². The summed E-state index contributed by atoms with van der Waals surface area (Å²) in [5.74, 6) is -0.144. The minimum Gasteiger partial charge on any atom is -0.494 e. The molecule has 2 rings (SSSR count). The summed E-state index contributed by atoms with van der Waals surface area (Å²) in [4.78, 5) is 13.2. The second kappa shape index (κ2) is 2.52. The highest BCUT2D eigenvalue weighted by atomic mass is 16.3. The molecular formula is C9H8N2O2. The molecule has 0 aliphatic rings. The number of aromatic amines is 1. The van der Waals surface area contributed by atoms with Gasteiger partial charge >= 0.3 is 0 Å². The van der Waals surface area contributed by atoms with Gasteiger partial charge in [0.2, 0.25) is 0 Å². The number of anilines is 1. The zero-order valence-electron chi connectivity index (χ0n) is 6.74. The number of aromatic nitrogens is 1. The monoisotopic (exact) mass is 176 g/mol. The van der Waals surface area contributed by atoms with Crippen molar-refractivity contribution in [3.63, 3.8) is 0 Å². The third-order valence-electron chi connectivity index (χ3n) is 1.86. The van der Waals surface area contributed by atoms with Crippen LogP contribution in [0.25, 0.3) is 10.8 Å². The number of nitrogen functional groups attached to an aromatic ring is 1. The minimum absolute atomic E-state index is 0.144. The predicted octanol–water partition coefficient (Wildman–Crippen LogP) is 0.816. The van der Waals surface area contributed by atoms with Gasteiger partial charge in [-0.15, -0.1) is 0 Å². The number of H-pyrrole nitrogens is 1. The van der Waals surface area contributed by atoms with E-state index < -0.39 is 0 Å². The van der Waals surface area contributed by atoms with Crippen LogP contribution >= 0.6 is 0 Å². The number of nitrogens with one attached hydrogen (secondary N) is 1. The van der Waals surface area contributed by atoms with Gasteiger partial charge < -0.3 is 10.8 Å². The lowest BCUT2D eigenvalue weighted by Gasteiger charge is -2.00. The van der Waals surface area contributed by atoms with Crippen LogP contribution in [0.15, 0.2) is 29.1 Å². The zero-order chi connectivity index (χ0) is 9.42. The van der Waals surface area contributed by atoms with Gasteiger partial charge in [-0.05, 0) is 17.5 Å². The second-order valence-corrected chi connectivity index (χ2v) is 2.83. The van der Waals surface area contributed by atoms with Gasteiger partial charge in [0.15, 0.2) is 5.88 Å². The molecule has 4 N–H and O–H groups in total. The molecule has 2 aromatic rings. The van der Waals surface area contributed by atoms with E-state index >= 15 is 0 Å². The molecule has 4 heteroatoms. The van der Waals surface area contributed by atoms with Crippen molar-refractivity contribution < 1.29 is 5.11 Å². The molecule has 0 aliphatic carbocycles. The number of hydrogen-bond acceptors (Lipinski definition) is 3. The number of rotatable bonds is 0. The molecule has 0 amide bonds. The van der Waals surface area contributed by atoms with Crippen LogP contribution in [0.1, 0.15) is 0 Å². The van der Waals surface area contributed by atoms with E-state index in [1.54, 1.807) is 18.2 Å². The molecule has 0 radical (unpaired) electrons. The van der Waals surface area contributed by atoms with Crippen molar-refractivity contribution in [2.75, 3.05) is 5.73 Å². The Balaban J connectivity index is 2.95. The first-order valence-corrected chi connectivity index (χ1v) is 3.78. The van der Waals surface area contributed by atoms with E-state index in [4.69, 9.17) is 5.73 Å². The molecule has 0 saturated heterocycles. The minimum atomic E-state index is -0.324. The van der Waals surface area contributed by atoms with E-state index in [1.807, 2.05) is 0 Å². The molecule has 1 aromatic carbocycles. The number of pyridine rings is 1. The van der Waals surface area contributed by atoms with Gasteiger partial charge in [0.1, 0.15) is 0 Å². The predicted molar refractivity (Wildman–Crippen MR) is 50.6 cm³/mol. The van der Waals surface area contributed by atoms with E-state index in [-0.39, 0.29) is 11.4 Å². The summed E-state index contributed by atoms with van der Waals surface area (Å²) in [6.07, 6.45) is 0. The fraction of sp³-hybridized carbons (Fsp3) is 0. The van der Waals surface area contributed by atoms with Crippen LogP contribution in [0, 0.1) is 0 Å². The molecule has 0 spiro atoms. The van der Waals surface area contributed by atoms with Crippen LogP contribution in [0.4, 0.5) is 5.69 Å². The summed E-state index contributed by atoms with van der Waals surface area (Å²) in [7, 11) is 0. The fourth-order valence-corrected chi connectivity index (χ4v) is 1.27. The van der Waals surface area contributed by atoms with Crippen molar-refractivity contribution in [2.45, 2.75) is 0 Å². The molecule has 66 valence electrons. The van der Waals surface area contributed by atoms with E-state index in [2.05, 4.69) is 4.98 Å². The van der Waals surface area contributed by atoms with Crippen molar-refractivity contribution in [2.24, 2.45) is 0 Å². The van der Waals surface area contributed by atoms with E-state index in [0.29, 0.717) is 16.5 Å². The Morgan fingerprint density at radius 3 is 2.85 bits per heavy atom. The maximum absolute atomic E-state index is 10.9. The second-order valence-electron chi connectivity index (χ2n) is 2.83. The van der Waals surface area contributed by atoms with E-state index in [0.717, 1.165) is 0 Å². The Labute approximate surface area is 73.6 Å². The molecule has 0 atom stereocenters. The largest absolute Gasteiger partial charge is 0.494 e. The van der Waals surface area contributed by atoms with Crippen LogP contribution in [-0.4, -0.2) is 10.1 Å². The highest BCUT2D eigenvalue weighted by Crippen LogP contribution is 2.22. The third-order valence-corrected chi connectivity index (χ3v) is 1.86. The van der Waals surface area contributed by atoms with Crippen LogP contribution < -0.4 is 11.3 Å². The van der Waals surface area contributed by atoms with E-state index in [9.17, 15) is 9.90 Å². The molecule has 0 saturated carbocycles. The van der Waals surface area contributed by atoms with Gasteiger partial charge in [0, 0.05) is 17.1 Å². The number of hydrogen-bond donors (Lipinski definition) is 3. The lowest BCUT2D eigenvalue weighted by Crippen LogP contribution is -2.02. The molecule has 0 unspecified atom stereocenters. The molecule has 1 heterocycles. The number of fused-ring (bicyclic) bond motifs is 1. The topological polar surface area (TPSA) is 79.1 Å². The maximum Gasteiger partial charge on any atom is 0.251 e. The average molecular weight is 176 g/mol. The average Bonchev–Trinajstić information content (AvgIpc) is 2.06. The van der Waals surface area contributed by atoms with Crippen molar-refractivity contribution >= 4 is 16.5 Å². The Morgan fingerprint density at radius 2 is 2.08 bits per heavy atom. The van der Waals surface area contributed by atoms with Crippen molar-refractivity contribution in [3.8, 4) is 5.88 Å². The Kier molecular flexibility index (Phi) is 1.48. The highest BCUT2D eigenvalue weighted by Gasteiger charge is 2.01. The van der Waals surface area contributed by atoms with Crippen molar-refractivity contribution in [3.05, 3.63) is 34.6 Å². The quantitative estimate of drug-likeness (QED) is 0.520. The summed E-state index contributed by atoms with van der Waals surface area (Å²) >= 11 is 0.